The van der Waals surface area contributed by atoms with E-state index in [-0.39, 0.29) is 24.5 Å². The molecule has 1 aromatic rings. The smallest absolute Gasteiger partial charge is 0.420 e. The van der Waals surface area contributed by atoms with Crippen LogP contribution in [0.2, 0.25) is 0 Å². The van der Waals surface area contributed by atoms with Gasteiger partial charge in [-0.2, -0.15) is 13.2 Å². The number of carbonyl (C=O) groups is 2. The van der Waals surface area contributed by atoms with Crippen molar-refractivity contribution >= 4 is 17.8 Å². The van der Waals surface area contributed by atoms with Crippen LogP contribution >= 0.6 is 0 Å². The number of pyridine rings is 1. The summed E-state index contributed by atoms with van der Waals surface area (Å²) in [4.78, 5) is 30.5. The minimum atomic E-state index is -4.65. The molecule has 0 spiro atoms. The number of nitrogens with zero attached hydrogens (tertiary/aromatic N) is 3. The lowest BCUT2D eigenvalue weighted by Crippen LogP contribution is -2.69. The average molecular weight is 414 g/mol. The number of alkyl carbamates (subject to hydrolysis) is 1. The second-order valence-corrected chi connectivity index (χ2v) is 7.81. The van der Waals surface area contributed by atoms with Crippen LogP contribution in [0, 0.1) is 0 Å². The lowest BCUT2D eigenvalue weighted by molar-refractivity contribution is -0.267. The van der Waals surface area contributed by atoms with Crippen molar-refractivity contribution < 1.29 is 32.6 Å². The van der Waals surface area contributed by atoms with Crippen molar-refractivity contribution in [2.45, 2.75) is 36.6 Å². The number of aromatic nitrogens is 1. The summed E-state index contributed by atoms with van der Waals surface area (Å²) in [5.74, 6) is 0.535. The molecule has 0 saturated carbocycles. The van der Waals surface area contributed by atoms with Gasteiger partial charge in [0.25, 0.3) is 0 Å². The maximum Gasteiger partial charge on any atom is 0.420 e. The molecule has 0 bridgehead atoms. The van der Waals surface area contributed by atoms with Crippen LogP contribution in [-0.2, 0) is 9.53 Å². The largest absolute Gasteiger partial charge is 0.447 e. The Hall–Kier alpha value is -2.56. The van der Waals surface area contributed by atoms with Crippen molar-refractivity contribution in [1.82, 2.24) is 15.2 Å². The van der Waals surface area contributed by atoms with Gasteiger partial charge in [-0.15, -0.1) is 0 Å². The molecule has 8 nitrogen and oxygen atoms in total. The molecule has 0 unspecified atom stereocenters. The van der Waals surface area contributed by atoms with Crippen LogP contribution < -0.4 is 10.2 Å². The van der Waals surface area contributed by atoms with Gasteiger partial charge >= 0.3 is 12.3 Å². The molecular formula is C18H21F3N4O4. The molecule has 2 N–H and O–H groups in total. The number of halogens is 3. The summed E-state index contributed by atoms with van der Waals surface area (Å²) in [6, 6.07) is 3.31. The van der Waals surface area contributed by atoms with Crippen LogP contribution in [0.25, 0.3) is 0 Å². The maximum absolute atomic E-state index is 12.7. The Balaban J connectivity index is 1.22. The minimum Gasteiger partial charge on any atom is -0.447 e. The second kappa shape index (κ2) is 7.05. The molecule has 158 valence electrons. The van der Waals surface area contributed by atoms with Crippen molar-refractivity contribution in [2.24, 2.45) is 0 Å². The normalized spacial score (nSPS) is 23.9. The van der Waals surface area contributed by atoms with E-state index in [1.165, 1.54) is 4.90 Å². The quantitative estimate of drug-likeness (QED) is 0.747. The molecule has 3 saturated heterocycles. The fraction of sp³-hybridized carbons (Fsp3) is 0.611. The van der Waals surface area contributed by atoms with E-state index in [1.807, 2.05) is 0 Å². The maximum atomic E-state index is 12.7. The van der Waals surface area contributed by atoms with Gasteiger partial charge in [-0.1, -0.05) is 6.07 Å². The lowest BCUT2D eigenvalue weighted by Gasteiger charge is -2.47. The van der Waals surface area contributed by atoms with E-state index in [4.69, 9.17) is 4.74 Å². The average Bonchev–Trinajstić information content (AvgIpc) is 3.01. The number of nitrogens with one attached hydrogen (secondary N) is 1. The summed E-state index contributed by atoms with van der Waals surface area (Å²) in [5, 5.41) is 12.1. The number of aliphatic hydroxyl groups is 1. The molecule has 4 heterocycles. The van der Waals surface area contributed by atoms with E-state index in [0.717, 1.165) is 5.56 Å². The number of anilines is 1. The molecule has 2 amide bonds. The highest BCUT2D eigenvalue weighted by molar-refractivity contribution is 5.77. The number of amides is 2. The Kier molecular flexibility index (Phi) is 4.80. The first-order valence-electron chi connectivity index (χ1n) is 9.36. The first kappa shape index (κ1) is 19.7. The van der Waals surface area contributed by atoms with Crippen molar-refractivity contribution in [1.29, 1.82) is 0 Å². The Morgan fingerprint density at radius 1 is 1.34 bits per heavy atom. The van der Waals surface area contributed by atoms with Crippen LogP contribution in [0.5, 0.6) is 0 Å². The molecule has 29 heavy (non-hydrogen) atoms. The highest BCUT2D eigenvalue weighted by Gasteiger charge is 2.61. The van der Waals surface area contributed by atoms with Gasteiger partial charge in [0.2, 0.25) is 5.91 Å². The predicted octanol–water partition coefficient (Wildman–Crippen LogP) is 1.01. The SMILES string of the molecule is O=C1N[C@H](CCC(=O)N2CC(c3ccc(N4CC(O)(C(F)(F)F)C4)nc3)C2)CO1. The molecule has 0 aromatic carbocycles. The molecule has 3 fully saturated rings. The fourth-order valence-corrected chi connectivity index (χ4v) is 3.68. The van der Waals surface area contributed by atoms with Crippen LogP contribution in [0.4, 0.5) is 23.8 Å². The Morgan fingerprint density at radius 2 is 2.07 bits per heavy atom. The summed E-state index contributed by atoms with van der Waals surface area (Å²) in [7, 11) is 0. The zero-order valence-corrected chi connectivity index (χ0v) is 15.5. The van der Waals surface area contributed by atoms with Crippen molar-refractivity contribution in [3.05, 3.63) is 23.9 Å². The molecule has 3 aliphatic rings. The van der Waals surface area contributed by atoms with E-state index in [1.54, 1.807) is 23.2 Å². The molecule has 0 radical (unpaired) electrons. The summed E-state index contributed by atoms with van der Waals surface area (Å²) >= 11 is 0. The zero-order chi connectivity index (χ0) is 20.8. The fourth-order valence-electron chi connectivity index (χ4n) is 3.68. The van der Waals surface area contributed by atoms with Gasteiger partial charge < -0.3 is 25.0 Å². The molecule has 11 heteroatoms. The molecule has 1 aromatic heterocycles. The van der Waals surface area contributed by atoms with Gasteiger partial charge in [-0.25, -0.2) is 9.78 Å². The first-order chi connectivity index (χ1) is 13.6. The van der Waals surface area contributed by atoms with Crippen molar-refractivity contribution in [3.8, 4) is 0 Å². The van der Waals surface area contributed by atoms with E-state index in [2.05, 4.69) is 10.3 Å². The Morgan fingerprint density at radius 3 is 2.62 bits per heavy atom. The van der Waals surface area contributed by atoms with E-state index >= 15 is 0 Å². The Bertz CT molecular complexity index is 789. The van der Waals surface area contributed by atoms with Crippen LogP contribution in [0.15, 0.2) is 18.3 Å². The van der Waals surface area contributed by atoms with Crippen LogP contribution in [0.3, 0.4) is 0 Å². The summed E-state index contributed by atoms with van der Waals surface area (Å²) in [6.45, 7) is 0.349. The topological polar surface area (TPSA) is 95.0 Å². The third-order valence-corrected chi connectivity index (χ3v) is 5.68. The Labute approximate surface area is 164 Å². The van der Waals surface area contributed by atoms with Gasteiger partial charge in [-0.05, 0) is 18.1 Å². The van der Waals surface area contributed by atoms with Gasteiger partial charge in [0, 0.05) is 31.6 Å². The third-order valence-electron chi connectivity index (χ3n) is 5.68. The minimum absolute atomic E-state index is 0.0130. The van der Waals surface area contributed by atoms with Crippen molar-refractivity contribution in [3.63, 3.8) is 0 Å². The number of hydrogen-bond acceptors (Lipinski definition) is 6. The van der Waals surface area contributed by atoms with E-state index in [9.17, 15) is 27.9 Å². The molecular weight excluding hydrogens is 393 g/mol. The van der Waals surface area contributed by atoms with Gasteiger partial charge in [0.1, 0.15) is 12.4 Å². The summed E-state index contributed by atoms with van der Waals surface area (Å²) in [6.07, 6.45) is -2.64. The monoisotopic (exact) mass is 414 g/mol. The number of carbonyl (C=O) groups excluding carboxylic acids is 2. The van der Waals surface area contributed by atoms with Gasteiger partial charge in [0.15, 0.2) is 5.60 Å². The van der Waals surface area contributed by atoms with E-state index in [0.29, 0.717) is 31.7 Å². The first-order valence-corrected chi connectivity index (χ1v) is 9.36. The van der Waals surface area contributed by atoms with Gasteiger partial charge in [-0.3, -0.25) is 4.79 Å². The van der Waals surface area contributed by atoms with Crippen LogP contribution in [-0.4, -0.2) is 77.6 Å². The number of cyclic esters (lactones) is 1. The molecule has 1 atom stereocenters. The highest BCUT2D eigenvalue weighted by atomic mass is 19.4. The number of ether oxygens (including phenoxy) is 1. The zero-order valence-electron chi connectivity index (χ0n) is 15.5. The second-order valence-electron chi connectivity index (χ2n) is 7.81. The van der Waals surface area contributed by atoms with Crippen LogP contribution in [0.1, 0.15) is 24.3 Å². The number of hydrogen-bond donors (Lipinski definition) is 2. The predicted molar refractivity (Wildman–Crippen MR) is 94.3 cm³/mol. The number of likely N-dealkylation sites (tertiary alicyclic amines) is 1. The van der Waals surface area contributed by atoms with E-state index < -0.39 is 31.0 Å². The summed E-state index contributed by atoms with van der Waals surface area (Å²) < 4.78 is 42.9. The number of β-amino-alcohol motifs (C(OH)–C–C–N with tert-alkyl or cyclic N) is 1. The summed E-state index contributed by atoms with van der Waals surface area (Å²) in [5.41, 5.74) is -1.75. The number of alkyl halides is 3. The highest BCUT2D eigenvalue weighted by Crippen LogP contribution is 2.39. The third kappa shape index (κ3) is 3.83. The molecule has 0 aliphatic carbocycles. The molecule has 3 aliphatic heterocycles. The molecule has 4 rings (SSSR count). The van der Waals surface area contributed by atoms with Gasteiger partial charge in [0.05, 0.1) is 19.1 Å². The number of rotatable bonds is 5. The lowest BCUT2D eigenvalue weighted by atomic mass is 9.91. The standard InChI is InChI=1S/C18H21F3N4O4/c19-18(20,21)17(28)9-25(10-17)14-3-1-11(5-22-14)12-6-24(7-12)15(26)4-2-13-8-29-16(27)23-13/h1,3,5,12-13,28H,2,4,6-10H2,(H,23,27)/t13-/m1/s1. The van der Waals surface area contributed by atoms with Crippen molar-refractivity contribution in [2.75, 3.05) is 37.7 Å².